The van der Waals surface area contributed by atoms with Crippen LogP contribution in [-0.4, -0.2) is 22.2 Å². The normalized spacial score (nSPS) is 15.7. The predicted octanol–water partition coefficient (Wildman–Crippen LogP) is 4.13. The quantitative estimate of drug-likeness (QED) is 0.820. The molecule has 0 aliphatic carbocycles. The van der Waals surface area contributed by atoms with Crippen molar-refractivity contribution in [2.24, 2.45) is 5.92 Å². The van der Waals surface area contributed by atoms with Crippen LogP contribution in [0.2, 0.25) is 0 Å². The largest absolute Gasteiger partial charge is 0.435 e. The summed E-state index contributed by atoms with van der Waals surface area (Å²) in [6.45, 7) is 6.07. The molecule has 1 atom stereocenters. The van der Waals surface area contributed by atoms with Crippen LogP contribution in [-0.2, 0) is 23.9 Å². The van der Waals surface area contributed by atoms with Gasteiger partial charge in [-0.2, -0.15) is 18.3 Å². The van der Waals surface area contributed by atoms with Crippen LogP contribution in [0.25, 0.3) is 0 Å². The first-order chi connectivity index (χ1) is 12.2. The maximum absolute atomic E-state index is 12.9. The number of hydrogen-bond donors (Lipinski definition) is 0. The van der Waals surface area contributed by atoms with Crippen molar-refractivity contribution in [1.82, 2.24) is 9.78 Å². The van der Waals surface area contributed by atoms with Gasteiger partial charge in [-0.25, -0.2) is 0 Å². The zero-order valence-corrected chi connectivity index (χ0v) is 15.1. The Hall–Kier alpha value is -2.31. The van der Waals surface area contributed by atoms with E-state index in [1.54, 1.807) is 18.7 Å². The molecule has 4 nitrogen and oxygen atoms in total. The van der Waals surface area contributed by atoms with Crippen molar-refractivity contribution in [2.75, 3.05) is 11.4 Å². The lowest BCUT2D eigenvalue weighted by Gasteiger charge is -2.32. The van der Waals surface area contributed by atoms with Crippen molar-refractivity contribution in [1.29, 1.82) is 0 Å². The van der Waals surface area contributed by atoms with Crippen molar-refractivity contribution < 1.29 is 18.0 Å². The van der Waals surface area contributed by atoms with Crippen LogP contribution in [0.4, 0.5) is 18.9 Å². The van der Waals surface area contributed by atoms with Gasteiger partial charge in [0.1, 0.15) is 0 Å². The molecular weight excluding hydrogens is 343 g/mol. The lowest BCUT2D eigenvalue weighted by Crippen LogP contribution is -2.40. The monoisotopic (exact) mass is 365 g/mol. The average molecular weight is 365 g/mol. The standard InChI is InChI=1S/C19H22F3N3O/c1-12-6-7-16-15(9-12)5-4-8-24(16)18(26)13(2)11-25-14(3)10-17(23-25)19(20,21)22/h6-7,9-10,13H,4-5,8,11H2,1-3H3/t13-/m1/s1. The number of alkyl halides is 3. The second-order valence-corrected chi connectivity index (χ2v) is 6.98. The summed E-state index contributed by atoms with van der Waals surface area (Å²) in [5, 5.41) is 3.63. The van der Waals surface area contributed by atoms with E-state index in [2.05, 4.69) is 11.2 Å². The first-order valence-electron chi connectivity index (χ1n) is 8.69. The molecule has 0 saturated heterocycles. The number of fused-ring (bicyclic) bond motifs is 1. The van der Waals surface area contributed by atoms with Crippen LogP contribution in [0.15, 0.2) is 24.3 Å². The van der Waals surface area contributed by atoms with Gasteiger partial charge in [0.15, 0.2) is 5.69 Å². The molecule has 0 bridgehead atoms. The van der Waals surface area contributed by atoms with Gasteiger partial charge in [0.25, 0.3) is 0 Å². The molecular formula is C19H22F3N3O. The fourth-order valence-corrected chi connectivity index (χ4v) is 3.39. The highest BCUT2D eigenvalue weighted by atomic mass is 19.4. The molecule has 0 N–H and O–H groups in total. The Morgan fingerprint density at radius 2 is 2.00 bits per heavy atom. The van der Waals surface area contributed by atoms with Crippen LogP contribution in [0, 0.1) is 19.8 Å². The number of nitrogens with zero attached hydrogens (tertiary/aromatic N) is 3. The Labute approximate surface area is 150 Å². The maximum Gasteiger partial charge on any atom is 0.435 e. The second kappa shape index (κ2) is 6.78. The lowest BCUT2D eigenvalue weighted by atomic mass is 9.98. The second-order valence-electron chi connectivity index (χ2n) is 6.98. The van der Waals surface area contributed by atoms with Crippen LogP contribution in [0.5, 0.6) is 0 Å². The maximum atomic E-state index is 12.9. The summed E-state index contributed by atoms with van der Waals surface area (Å²) in [6.07, 6.45) is -2.66. The van der Waals surface area contributed by atoms with Crippen LogP contribution in [0.1, 0.15) is 35.9 Å². The third kappa shape index (κ3) is 3.61. The lowest BCUT2D eigenvalue weighted by molar-refractivity contribution is -0.141. The van der Waals surface area contributed by atoms with Crippen LogP contribution < -0.4 is 4.90 Å². The zero-order valence-electron chi connectivity index (χ0n) is 15.1. The number of rotatable bonds is 3. The molecule has 0 radical (unpaired) electrons. The van der Waals surface area contributed by atoms with Crippen LogP contribution >= 0.6 is 0 Å². The molecule has 1 amide bonds. The molecule has 2 aromatic rings. The van der Waals surface area contributed by atoms with E-state index >= 15 is 0 Å². The molecule has 1 aliphatic heterocycles. The summed E-state index contributed by atoms with van der Waals surface area (Å²) in [5.74, 6) is -0.555. The fourth-order valence-electron chi connectivity index (χ4n) is 3.39. The first kappa shape index (κ1) is 18.5. The molecule has 3 rings (SSSR count). The Morgan fingerprint density at radius 3 is 2.65 bits per heavy atom. The number of aromatic nitrogens is 2. The summed E-state index contributed by atoms with van der Waals surface area (Å²) in [5.41, 5.74) is 2.68. The summed E-state index contributed by atoms with van der Waals surface area (Å²) >= 11 is 0. The van der Waals surface area contributed by atoms with Gasteiger partial charge in [-0.1, -0.05) is 24.6 Å². The summed E-state index contributed by atoms with van der Waals surface area (Å²) in [4.78, 5) is 14.7. The molecule has 140 valence electrons. The minimum atomic E-state index is -4.48. The smallest absolute Gasteiger partial charge is 0.312 e. The average Bonchev–Trinajstić information content (AvgIpc) is 2.94. The van der Waals surface area contributed by atoms with Gasteiger partial charge in [0.2, 0.25) is 5.91 Å². The van der Waals surface area contributed by atoms with Gasteiger partial charge in [-0.15, -0.1) is 0 Å². The number of aryl methyl sites for hydroxylation is 3. The number of benzene rings is 1. The van der Waals surface area contributed by atoms with E-state index in [4.69, 9.17) is 0 Å². The molecule has 0 unspecified atom stereocenters. The van der Waals surface area contributed by atoms with Crippen molar-refractivity contribution in [2.45, 2.75) is 46.3 Å². The highest BCUT2D eigenvalue weighted by molar-refractivity contribution is 5.96. The highest BCUT2D eigenvalue weighted by Gasteiger charge is 2.35. The van der Waals surface area contributed by atoms with Crippen molar-refractivity contribution in [3.05, 3.63) is 46.8 Å². The predicted molar refractivity (Wildman–Crippen MR) is 93.0 cm³/mol. The Morgan fingerprint density at radius 1 is 1.27 bits per heavy atom. The van der Waals surface area contributed by atoms with Crippen LogP contribution in [0.3, 0.4) is 0 Å². The minimum absolute atomic E-state index is 0.0849. The molecule has 26 heavy (non-hydrogen) atoms. The van der Waals surface area contributed by atoms with E-state index in [1.807, 2.05) is 19.1 Å². The highest BCUT2D eigenvalue weighted by Crippen LogP contribution is 2.30. The van der Waals surface area contributed by atoms with E-state index in [1.165, 1.54) is 4.68 Å². The molecule has 7 heteroatoms. The van der Waals surface area contributed by atoms with E-state index in [0.29, 0.717) is 12.2 Å². The van der Waals surface area contributed by atoms with E-state index in [9.17, 15) is 18.0 Å². The van der Waals surface area contributed by atoms with Gasteiger partial charge in [-0.3, -0.25) is 9.48 Å². The third-order valence-electron chi connectivity index (χ3n) is 4.76. The van der Waals surface area contributed by atoms with Gasteiger partial charge in [0, 0.05) is 17.9 Å². The molecule has 2 heterocycles. The Bertz CT molecular complexity index is 826. The van der Waals surface area contributed by atoms with Gasteiger partial charge >= 0.3 is 6.18 Å². The summed E-state index contributed by atoms with van der Waals surface area (Å²) in [6, 6.07) is 7.03. The molecule has 1 aromatic heterocycles. The van der Waals surface area contributed by atoms with Crippen molar-refractivity contribution >= 4 is 11.6 Å². The SMILES string of the molecule is Cc1ccc2c(c1)CCCN2C(=O)[C@H](C)Cn1nc(C(F)(F)F)cc1C. The van der Waals surface area contributed by atoms with Crippen molar-refractivity contribution in [3.8, 4) is 0 Å². The molecule has 0 spiro atoms. The van der Waals surface area contributed by atoms with Gasteiger partial charge in [-0.05, 0) is 44.4 Å². The third-order valence-corrected chi connectivity index (χ3v) is 4.76. The minimum Gasteiger partial charge on any atom is -0.312 e. The van der Waals surface area contributed by atoms with E-state index < -0.39 is 17.8 Å². The summed E-state index contributed by atoms with van der Waals surface area (Å²) < 4.78 is 39.7. The molecule has 0 saturated carbocycles. The Balaban J connectivity index is 1.79. The number of halogens is 3. The topological polar surface area (TPSA) is 38.1 Å². The zero-order chi connectivity index (χ0) is 19.1. The molecule has 1 aromatic carbocycles. The fraction of sp³-hybridized carbons (Fsp3) is 0.474. The molecule has 0 fully saturated rings. The first-order valence-corrected chi connectivity index (χ1v) is 8.69. The van der Waals surface area contributed by atoms with E-state index in [0.717, 1.165) is 35.7 Å². The number of amides is 1. The van der Waals surface area contributed by atoms with Gasteiger partial charge < -0.3 is 4.90 Å². The number of anilines is 1. The molecule has 1 aliphatic rings. The Kier molecular flexibility index (Phi) is 4.82. The number of carbonyl (C=O) groups is 1. The number of carbonyl (C=O) groups excluding carboxylic acids is 1. The van der Waals surface area contributed by atoms with Crippen molar-refractivity contribution in [3.63, 3.8) is 0 Å². The summed E-state index contributed by atoms with van der Waals surface area (Å²) in [7, 11) is 0. The number of hydrogen-bond acceptors (Lipinski definition) is 2. The van der Waals surface area contributed by atoms with E-state index in [-0.39, 0.29) is 12.5 Å². The van der Waals surface area contributed by atoms with Gasteiger partial charge in [0.05, 0.1) is 12.5 Å².